The van der Waals surface area contributed by atoms with E-state index in [0.717, 1.165) is 23.9 Å². The van der Waals surface area contributed by atoms with Crippen molar-refractivity contribution < 1.29 is 0 Å². The fourth-order valence-corrected chi connectivity index (χ4v) is 1.26. The number of nitrogens with one attached hydrogen (secondary N) is 1. The molecule has 1 rings (SSSR count). The van der Waals surface area contributed by atoms with Gasteiger partial charge < -0.3 is 10.2 Å². The third-order valence-electron chi connectivity index (χ3n) is 1.71. The lowest BCUT2D eigenvalue weighted by atomic mass is 10.5. The van der Waals surface area contributed by atoms with Gasteiger partial charge in [0, 0.05) is 13.1 Å². The number of hydrogen-bond acceptors (Lipinski definition) is 5. The quantitative estimate of drug-likeness (QED) is 0.742. The average Bonchev–Trinajstić information content (AvgIpc) is 2.18. The molecule has 78 valence electrons. The van der Waals surface area contributed by atoms with Crippen LogP contribution >= 0.6 is 11.8 Å². The summed E-state index contributed by atoms with van der Waals surface area (Å²) in [6.07, 6.45) is 1.99. The van der Waals surface area contributed by atoms with E-state index in [-0.39, 0.29) is 0 Å². The van der Waals surface area contributed by atoms with Gasteiger partial charge in [0.25, 0.3) is 0 Å². The van der Waals surface area contributed by atoms with Gasteiger partial charge in [-0.1, -0.05) is 0 Å². The second-order valence-corrected chi connectivity index (χ2v) is 4.02. The van der Waals surface area contributed by atoms with E-state index in [1.54, 1.807) is 11.8 Å². The topological polar surface area (TPSA) is 41.0 Å². The molecule has 0 unspecified atom stereocenters. The van der Waals surface area contributed by atoms with Gasteiger partial charge in [-0.05, 0) is 32.5 Å². The van der Waals surface area contributed by atoms with Crippen LogP contribution in [0.4, 0.5) is 5.82 Å². The van der Waals surface area contributed by atoms with Crippen molar-refractivity contribution in [1.29, 1.82) is 0 Å². The smallest absolute Gasteiger partial charge is 0.148 e. The van der Waals surface area contributed by atoms with Crippen LogP contribution in [0.1, 0.15) is 0 Å². The Hall–Kier alpha value is -0.810. The molecule has 0 radical (unpaired) electrons. The van der Waals surface area contributed by atoms with Crippen molar-refractivity contribution in [3.63, 3.8) is 0 Å². The van der Waals surface area contributed by atoms with Crippen molar-refractivity contribution in [1.82, 2.24) is 15.1 Å². The number of likely N-dealkylation sites (N-methyl/N-ethyl adjacent to an activating group) is 1. The summed E-state index contributed by atoms with van der Waals surface area (Å²) < 4.78 is 0. The van der Waals surface area contributed by atoms with Crippen LogP contribution in [0.25, 0.3) is 0 Å². The van der Waals surface area contributed by atoms with Crippen LogP contribution in [0.15, 0.2) is 17.2 Å². The predicted molar refractivity (Wildman–Crippen MR) is 60.9 cm³/mol. The molecule has 0 fully saturated rings. The molecule has 0 aromatic carbocycles. The van der Waals surface area contributed by atoms with Crippen LogP contribution in [0.2, 0.25) is 0 Å². The molecule has 1 heterocycles. The van der Waals surface area contributed by atoms with Crippen molar-refractivity contribution >= 4 is 17.6 Å². The molecule has 0 bridgehead atoms. The Bertz CT molecular complexity index is 260. The van der Waals surface area contributed by atoms with Crippen LogP contribution in [-0.2, 0) is 0 Å². The number of nitrogens with zero attached hydrogens (tertiary/aromatic N) is 3. The summed E-state index contributed by atoms with van der Waals surface area (Å²) in [5, 5.41) is 12.2. The lowest BCUT2D eigenvalue weighted by Crippen LogP contribution is -2.21. The van der Waals surface area contributed by atoms with Crippen molar-refractivity contribution in [3.8, 4) is 0 Å². The van der Waals surface area contributed by atoms with E-state index in [2.05, 4.69) is 20.4 Å². The summed E-state index contributed by atoms with van der Waals surface area (Å²) in [5.41, 5.74) is 0. The molecular formula is C9H16N4S. The monoisotopic (exact) mass is 212 g/mol. The van der Waals surface area contributed by atoms with Crippen molar-refractivity contribution in [2.24, 2.45) is 0 Å². The summed E-state index contributed by atoms with van der Waals surface area (Å²) in [6.45, 7) is 1.88. The van der Waals surface area contributed by atoms with Gasteiger partial charge in [-0.2, -0.15) is 0 Å². The predicted octanol–water partition coefficient (Wildman–Crippen LogP) is 1.17. The summed E-state index contributed by atoms with van der Waals surface area (Å²) in [7, 11) is 4.09. The molecule has 0 aliphatic carbocycles. The molecule has 1 N–H and O–H groups in total. The van der Waals surface area contributed by atoms with E-state index in [1.165, 1.54) is 0 Å². The zero-order valence-corrected chi connectivity index (χ0v) is 9.64. The molecule has 0 amide bonds. The van der Waals surface area contributed by atoms with Crippen LogP contribution in [0.5, 0.6) is 0 Å². The van der Waals surface area contributed by atoms with Gasteiger partial charge in [-0.3, -0.25) is 0 Å². The molecule has 14 heavy (non-hydrogen) atoms. The van der Waals surface area contributed by atoms with Crippen molar-refractivity contribution in [3.05, 3.63) is 12.1 Å². The number of rotatable bonds is 5. The lowest BCUT2D eigenvalue weighted by Gasteiger charge is -2.10. The van der Waals surface area contributed by atoms with Gasteiger partial charge in [0.2, 0.25) is 0 Å². The Kier molecular flexibility index (Phi) is 4.69. The zero-order chi connectivity index (χ0) is 10.4. The van der Waals surface area contributed by atoms with Gasteiger partial charge in [0.15, 0.2) is 0 Å². The Morgan fingerprint density at radius 3 is 2.64 bits per heavy atom. The molecular weight excluding hydrogens is 196 g/mol. The zero-order valence-electron chi connectivity index (χ0n) is 8.82. The first-order valence-corrected chi connectivity index (χ1v) is 5.71. The summed E-state index contributed by atoms with van der Waals surface area (Å²) in [4.78, 5) is 2.12. The van der Waals surface area contributed by atoms with Crippen LogP contribution in [0, 0.1) is 0 Å². The number of aromatic nitrogens is 2. The Labute approximate surface area is 89.1 Å². The van der Waals surface area contributed by atoms with Crippen LogP contribution < -0.4 is 5.32 Å². The number of thioether (sulfide) groups is 1. The van der Waals surface area contributed by atoms with Crippen LogP contribution in [-0.4, -0.2) is 48.5 Å². The number of hydrogen-bond donors (Lipinski definition) is 1. The van der Waals surface area contributed by atoms with Crippen LogP contribution in [0.3, 0.4) is 0 Å². The van der Waals surface area contributed by atoms with Gasteiger partial charge in [-0.15, -0.1) is 22.0 Å². The molecule has 0 spiro atoms. The molecule has 0 aliphatic rings. The summed E-state index contributed by atoms with van der Waals surface area (Å²) in [6, 6.07) is 3.92. The SMILES string of the molecule is CSc1ccc(NCCN(C)C)nn1. The molecule has 4 nitrogen and oxygen atoms in total. The molecule has 0 atom stereocenters. The van der Waals surface area contributed by atoms with E-state index in [4.69, 9.17) is 0 Å². The van der Waals surface area contributed by atoms with E-state index in [1.807, 2.05) is 32.5 Å². The second-order valence-electron chi connectivity index (χ2n) is 3.19. The number of anilines is 1. The van der Waals surface area contributed by atoms with Gasteiger partial charge >= 0.3 is 0 Å². The van der Waals surface area contributed by atoms with E-state index < -0.39 is 0 Å². The fourth-order valence-electron chi connectivity index (χ4n) is 0.931. The summed E-state index contributed by atoms with van der Waals surface area (Å²) >= 11 is 1.60. The molecule has 1 aromatic heterocycles. The first kappa shape index (κ1) is 11.3. The maximum absolute atomic E-state index is 4.05. The molecule has 0 saturated heterocycles. The minimum atomic E-state index is 0.838. The highest BCUT2D eigenvalue weighted by Gasteiger charge is 1.95. The maximum atomic E-state index is 4.05. The van der Waals surface area contributed by atoms with Gasteiger partial charge in [-0.25, -0.2) is 0 Å². The fraction of sp³-hybridized carbons (Fsp3) is 0.556. The lowest BCUT2D eigenvalue weighted by molar-refractivity contribution is 0.425. The van der Waals surface area contributed by atoms with Gasteiger partial charge in [0.1, 0.15) is 10.8 Å². The molecule has 1 aromatic rings. The maximum Gasteiger partial charge on any atom is 0.148 e. The second kappa shape index (κ2) is 5.82. The molecule has 5 heteroatoms. The standard InChI is InChI=1S/C9H16N4S/c1-13(2)7-6-10-8-4-5-9(14-3)12-11-8/h4-5H,6-7H2,1-3H3,(H,10,11). The third kappa shape index (κ3) is 3.93. The molecule has 0 aliphatic heterocycles. The highest BCUT2D eigenvalue weighted by Crippen LogP contribution is 2.10. The Balaban J connectivity index is 2.36. The highest BCUT2D eigenvalue weighted by molar-refractivity contribution is 7.98. The molecule has 0 saturated carbocycles. The Morgan fingerprint density at radius 1 is 1.36 bits per heavy atom. The normalized spacial score (nSPS) is 10.6. The minimum absolute atomic E-state index is 0.838. The average molecular weight is 212 g/mol. The van der Waals surface area contributed by atoms with E-state index in [0.29, 0.717) is 0 Å². The largest absolute Gasteiger partial charge is 0.367 e. The Morgan fingerprint density at radius 2 is 2.14 bits per heavy atom. The van der Waals surface area contributed by atoms with Crippen molar-refractivity contribution in [2.45, 2.75) is 5.03 Å². The first-order chi connectivity index (χ1) is 6.72. The third-order valence-corrected chi connectivity index (χ3v) is 2.35. The highest BCUT2D eigenvalue weighted by atomic mass is 32.2. The first-order valence-electron chi connectivity index (χ1n) is 4.48. The van der Waals surface area contributed by atoms with Gasteiger partial charge in [0.05, 0.1) is 0 Å². The van der Waals surface area contributed by atoms with E-state index >= 15 is 0 Å². The summed E-state index contributed by atoms with van der Waals surface area (Å²) in [5.74, 6) is 0.838. The van der Waals surface area contributed by atoms with E-state index in [9.17, 15) is 0 Å². The minimum Gasteiger partial charge on any atom is -0.367 e. The van der Waals surface area contributed by atoms with Crippen molar-refractivity contribution in [2.75, 3.05) is 38.8 Å².